The largest absolute Gasteiger partial charge is 0.373 e. The van der Waals surface area contributed by atoms with E-state index in [0.29, 0.717) is 11.8 Å². The lowest BCUT2D eigenvalue weighted by Gasteiger charge is -2.28. The van der Waals surface area contributed by atoms with Crippen molar-refractivity contribution in [3.63, 3.8) is 0 Å². The van der Waals surface area contributed by atoms with E-state index in [9.17, 15) is 0 Å². The minimum Gasteiger partial charge on any atom is -0.373 e. The SMILES string of the molecule is CNc1cc(N(CCN(C)C)CC(C)C)nc(C(C)C)n1. The Morgan fingerprint density at radius 3 is 2.24 bits per heavy atom. The fourth-order valence-electron chi connectivity index (χ4n) is 2.06. The van der Waals surface area contributed by atoms with Crippen LogP contribution in [-0.4, -0.2) is 55.6 Å². The molecule has 0 atom stereocenters. The van der Waals surface area contributed by atoms with E-state index in [-0.39, 0.29) is 0 Å². The zero-order chi connectivity index (χ0) is 16.0. The van der Waals surface area contributed by atoms with Crippen LogP contribution >= 0.6 is 0 Å². The molecule has 21 heavy (non-hydrogen) atoms. The first-order valence-corrected chi connectivity index (χ1v) is 7.79. The van der Waals surface area contributed by atoms with E-state index < -0.39 is 0 Å². The summed E-state index contributed by atoms with van der Waals surface area (Å²) in [5.74, 6) is 3.74. The second kappa shape index (κ2) is 8.17. The lowest BCUT2D eigenvalue weighted by molar-refractivity contribution is 0.408. The number of hydrogen-bond donors (Lipinski definition) is 1. The summed E-state index contributed by atoms with van der Waals surface area (Å²) in [6, 6.07) is 2.05. The summed E-state index contributed by atoms with van der Waals surface area (Å²) in [4.78, 5) is 13.9. The Morgan fingerprint density at radius 2 is 1.76 bits per heavy atom. The standard InChI is InChI=1S/C16H31N5/c1-12(2)11-21(9-8-20(6)7)15-10-14(17-5)18-16(19-15)13(3)4/h10,12-13H,8-9,11H2,1-7H3,(H,17,18,19). The first-order chi connectivity index (χ1) is 9.83. The third kappa shape index (κ3) is 5.87. The number of likely N-dealkylation sites (N-methyl/N-ethyl adjacent to an activating group) is 1. The molecule has 0 saturated heterocycles. The maximum Gasteiger partial charge on any atom is 0.135 e. The fourth-order valence-corrected chi connectivity index (χ4v) is 2.06. The number of anilines is 2. The van der Waals surface area contributed by atoms with Gasteiger partial charge in [-0.2, -0.15) is 0 Å². The second-order valence-corrected chi connectivity index (χ2v) is 6.52. The maximum absolute atomic E-state index is 4.77. The highest BCUT2D eigenvalue weighted by Crippen LogP contribution is 2.20. The predicted molar refractivity (Wildman–Crippen MR) is 91.3 cm³/mol. The summed E-state index contributed by atoms with van der Waals surface area (Å²) in [6.07, 6.45) is 0. The molecule has 0 fully saturated rings. The van der Waals surface area contributed by atoms with E-state index in [0.717, 1.165) is 37.1 Å². The predicted octanol–water partition coefficient (Wildman–Crippen LogP) is 2.67. The van der Waals surface area contributed by atoms with Gasteiger partial charge in [0.2, 0.25) is 0 Å². The van der Waals surface area contributed by atoms with Gasteiger partial charge in [-0.15, -0.1) is 0 Å². The van der Waals surface area contributed by atoms with Gasteiger partial charge in [-0.05, 0) is 20.0 Å². The van der Waals surface area contributed by atoms with Gasteiger partial charge in [-0.25, -0.2) is 9.97 Å². The van der Waals surface area contributed by atoms with Gasteiger partial charge >= 0.3 is 0 Å². The average Bonchev–Trinajstić information content (AvgIpc) is 2.42. The second-order valence-electron chi connectivity index (χ2n) is 6.52. The molecule has 1 heterocycles. The van der Waals surface area contributed by atoms with E-state index in [1.165, 1.54) is 0 Å². The Bertz CT molecular complexity index is 429. The van der Waals surface area contributed by atoms with Crippen LogP contribution < -0.4 is 10.2 Å². The highest BCUT2D eigenvalue weighted by Gasteiger charge is 2.14. The molecule has 0 aliphatic heterocycles. The molecule has 1 aromatic rings. The lowest BCUT2D eigenvalue weighted by atomic mass is 10.2. The molecular weight excluding hydrogens is 262 g/mol. The van der Waals surface area contributed by atoms with Crippen molar-refractivity contribution in [3.8, 4) is 0 Å². The topological polar surface area (TPSA) is 44.3 Å². The zero-order valence-corrected chi connectivity index (χ0v) is 14.6. The van der Waals surface area contributed by atoms with Crippen LogP contribution in [0.4, 0.5) is 11.6 Å². The Labute approximate surface area is 129 Å². The maximum atomic E-state index is 4.77. The number of rotatable bonds is 8. The molecule has 0 aromatic carbocycles. The lowest BCUT2D eigenvalue weighted by Crippen LogP contribution is -2.35. The molecule has 120 valence electrons. The number of hydrogen-bond acceptors (Lipinski definition) is 5. The van der Waals surface area contributed by atoms with Gasteiger partial charge in [0.05, 0.1) is 0 Å². The molecule has 1 N–H and O–H groups in total. The van der Waals surface area contributed by atoms with Crippen LogP contribution in [0.25, 0.3) is 0 Å². The molecule has 0 radical (unpaired) electrons. The van der Waals surface area contributed by atoms with Crippen molar-refractivity contribution in [3.05, 3.63) is 11.9 Å². The van der Waals surface area contributed by atoms with E-state index in [4.69, 9.17) is 4.98 Å². The van der Waals surface area contributed by atoms with Crippen molar-refractivity contribution >= 4 is 11.6 Å². The monoisotopic (exact) mass is 293 g/mol. The number of aromatic nitrogens is 2. The van der Waals surface area contributed by atoms with Crippen molar-refractivity contribution in [1.82, 2.24) is 14.9 Å². The van der Waals surface area contributed by atoms with Crippen molar-refractivity contribution in [1.29, 1.82) is 0 Å². The van der Waals surface area contributed by atoms with Crippen molar-refractivity contribution < 1.29 is 0 Å². The van der Waals surface area contributed by atoms with Crippen LogP contribution in [-0.2, 0) is 0 Å². The van der Waals surface area contributed by atoms with E-state index in [1.54, 1.807) is 0 Å². The van der Waals surface area contributed by atoms with Crippen LogP contribution in [0.15, 0.2) is 6.07 Å². The third-order valence-electron chi connectivity index (χ3n) is 3.23. The van der Waals surface area contributed by atoms with Crippen LogP contribution in [0.2, 0.25) is 0 Å². The molecular formula is C16H31N5. The van der Waals surface area contributed by atoms with Crippen molar-refractivity contribution in [2.24, 2.45) is 5.92 Å². The van der Waals surface area contributed by atoms with Crippen LogP contribution in [0.5, 0.6) is 0 Å². The van der Waals surface area contributed by atoms with Gasteiger partial charge in [0.1, 0.15) is 17.5 Å². The molecule has 0 spiro atoms. The Hall–Kier alpha value is -1.36. The van der Waals surface area contributed by atoms with Gasteiger partial charge in [0.15, 0.2) is 0 Å². The summed E-state index contributed by atoms with van der Waals surface area (Å²) in [5, 5.41) is 3.15. The highest BCUT2D eigenvalue weighted by molar-refractivity contribution is 5.49. The minimum atomic E-state index is 0.326. The summed E-state index contributed by atoms with van der Waals surface area (Å²) in [7, 11) is 6.11. The third-order valence-corrected chi connectivity index (χ3v) is 3.23. The molecule has 0 unspecified atom stereocenters. The molecule has 1 rings (SSSR count). The normalized spacial score (nSPS) is 11.5. The zero-order valence-electron chi connectivity index (χ0n) is 14.6. The van der Waals surface area contributed by atoms with E-state index >= 15 is 0 Å². The number of nitrogens with one attached hydrogen (secondary N) is 1. The Kier molecular flexibility index (Phi) is 6.89. The Morgan fingerprint density at radius 1 is 1.10 bits per heavy atom. The molecule has 5 heteroatoms. The summed E-state index contributed by atoms with van der Waals surface area (Å²) >= 11 is 0. The fraction of sp³-hybridized carbons (Fsp3) is 0.750. The molecule has 5 nitrogen and oxygen atoms in total. The van der Waals surface area contributed by atoms with Gasteiger partial charge < -0.3 is 15.1 Å². The molecule has 0 aliphatic rings. The van der Waals surface area contributed by atoms with Gasteiger partial charge in [-0.1, -0.05) is 27.7 Å². The summed E-state index contributed by atoms with van der Waals surface area (Å²) in [5.41, 5.74) is 0. The van der Waals surface area contributed by atoms with Crippen LogP contribution in [0, 0.1) is 5.92 Å². The van der Waals surface area contributed by atoms with Gasteiger partial charge in [-0.3, -0.25) is 0 Å². The van der Waals surface area contributed by atoms with Crippen LogP contribution in [0.1, 0.15) is 39.4 Å². The van der Waals surface area contributed by atoms with Gasteiger partial charge in [0.25, 0.3) is 0 Å². The quantitative estimate of drug-likeness (QED) is 0.798. The van der Waals surface area contributed by atoms with Crippen molar-refractivity contribution in [2.45, 2.75) is 33.6 Å². The summed E-state index contributed by atoms with van der Waals surface area (Å²) < 4.78 is 0. The van der Waals surface area contributed by atoms with Crippen molar-refractivity contribution in [2.75, 3.05) is 51.0 Å². The van der Waals surface area contributed by atoms with E-state index in [1.807, 2.05) is 13.1 Å². The van der Waals surface area contributed by atoms with Gasteiger partial charge in [0, 0.05) is 38.7 Å². The summed E-state index contributed by atoms with van der Waals surface area (Å²) in [6.45, 7) is 11.7. The molecule has 0 bridgehead atoms. The first kappa shape index (κ1) is 17.7. The molecule has 1 aromatic heterocycles. The molecule has 0 saturated carbocycles. The smallest absolute Gasteiger partial charge is 0.135 e. The Balaban J connectivity index is 3.06. The minimum absolute atomic E-state index is 0.326. The van der Waals surface area contributed by atoms with Crippen LogP contribution in [0.3, 0.4) is 0 Å². The number of nitrogens with zero attached hydrogens (tertiary/aromatic N) is 4. The highest BCUT2D eigenvalue weighted by atomic mass is 15.2. The first-order valence-electron chi connectivity index (χ1n) is 7.79. The average molecular weight is 293 g/mol. The van der Waals surface area contributed by atoms with E-state index in [2.05, 4.69) is 61.9 Å². The molecule has 0 amide bonds. The molecule has 0 aliphatic carbocycles.